The molecule has 4 atom stereocenters. The van der Waals surface area contributed by atoms with Crippen molar-refractivity contribution in [2.24, 2.45) is 0 Å². The molecule has 0 aliphatic carbocycles. The summed E-state index contributed by atoms with van der Waals surface area (Å²) >= 11 is 1.33. The molecule has 4 aromatic rings. The van der Waals surface area contributed by atoms with E-state index in [1.807, 2.05) is 36.4 Å². The zero-order valence-electron chi connectivity index (χ0n) is 18.6. The lowest BCUT2D eigenvalue weighted by atomic mass is 10.1. The van der Waals surface area contributed by atoms with Gasteiger partial charge in [-0.25, -0.2) is 15.0 Å². The van der Waals surface area contributed by atoms with Crippen LogP contribution in [0.15, 0.2) is 58.7 Å². The van der Waals surface area contributed by atoms with Crippen molar-refractivity contribution in [3.05, 3.63) is 49.1 Å². The molecule has 12 heteroatoms. The highest BCUT2D eigenvalue weighted by molar-refractivity contribution is 7.99. The fourth-order valence-corrected chi connectivity index (χ4v) is 5.45. The average molecular weight is 497 g/mol. The predicted octanol–water partition coefficient (Wildman–Crippen LogP) is 1.88. The molecule has 0 spiro atoms. The molecule has 5 heterocycles. The van der Waals surface area contributed by atoms with Crippen LogP contribution in [0.5, 0.6) is 0 Å². The molecule has 182 valence electrons. The maximum absolute atomic E-state index is 11.0. The maximum Gasteiger partial charge on any atom is 0.193 e. The van der Waals surface area contributed by atoms with E-state index in [0.29, 0.717) is 41.0 Å². The molecule has 0 saturated carbocycles. The Hall–Kier alpha value is -3.03. The Balaban J connectivity index is 1.30. The van der Waals surface area contributed by atoms with Crippen LogP contribution in [0.4, 0.5) is 5.82 Å². The minimum absolute atomic E-state index is 0.0251. The number of anilines is 1. The molecule has 0 radical (unpaired) electrons. The number of aliphatic hydroxyl groups is 2. The normalized spacial score (nSPS) is 26.5. The van der Waals surface area contributed by atoms with Crippen molar-refractivity contribution < 1.29 is 24.2 Å². The van der Waals surface area contributed by atoms with Crippen molar-refractivity contribution in [1.29, 1.82) is 0 Å². The number of nitrogens with zero attached hydrogens (tertiary/aromatic N) is 5. The summed E-state index contributed by atoms with van der Waals surface area (Å²) in [5.74, 6) is 0.811. The second kappa shape index (κ2) is 9.21. The van der Waals surface area contributed by atoms with Gasteiger partial charge in [-0.05, 0) is 6.42 Å². The quantitative estimate of drug-likeness (QED) is 0.323. The number of ether oxygens (including phenoxy) is 2. The van der Waals surface area contributed by atoms with E-state index in [-0.39, 0.29) is 18.4 Å². The van der Waals surface area contributed by atoms with Gasteiger partial charge < -0.3 is 29.5 Å². The lowest BCUT2D eigenvalue weighted by Crippen LogP contribution is -2.47. The highest BCUT2D eigenvalue weighted by atomic mass is 32.2. The second-order valence-electron chi connectivity index (χ2n) is 8.57. The van der Waals surface area contributed by atoms with Gasteiger partial charge in [-0.2, -0.15) is 0 Å². The van der Waals surface area contributed by atoms with Crippen molar-refractivity contribution in [2.45, 2.75) is 35.5 Å². The van der Waals surface area contributed by atoms with E-state index in [4.69, 9.17) is 14.0 Å². The van der Waals surface area contributed by atoms with Crippen molar-refractivity contribution in [1.82, 2.24) is 24.7 Å². The topological polar surface area (TPSA) is 141 Å². The number of thioether (sulfide) groups is 1. The molecule has 3 N–H and O–H groups in total. The molecule has 6 rings (SSSR count). The van der Waals surface area contributed by atoms with Gasteiger partial charge in [0.1, 0.15) is 24.2 Å². The Morgan fingerprint density at radius 2 is 2.03 bits per heavy atom. The summed E-state index contributed by atoms with van der Waals surface area (Å²) in [7, 11) is 0. The number of fused-ring (bicyclic) bond motifs is 1. The molecule has 2 saturated heterocycles. The summed E-state index contributed by atoms with van der Waals surface area (Å²) in [5.41, 5.74) is 1.36. The van der Waals surface area contributed by atoms with Crippen LogP contribution in [-0.4, -0.2) is 78.7 Å². The monoisotopic (exact) mass is 496 g/mol. The van der Waals surface area contributed by atoms with E-state index in [1.165, 1.54) is 18.1 Å². The molecule has 2 aliphatic heterocycles. The first-order valence-electron chi connectivity index (χ1n) is 11.3. The van der Waals surface area contributed by atoms with Crippen molar-refractivity contribution in [2.75, 3.05) is 30.9 Å². The summed E-state index contributed by atoms with van der Waals surface area (Å²) in [6.45, 7) is 1.28. The first kappa shape index (κ1) is 22.4. The lowest BCUT2D eigenvalue weighted by molar-refractivity contribution is -0.103. The fraction of sp³-hybridized carbons (Fsp3) is 0.391. The van der Waals surface area contributed by atoms with Crippen molar-refractivity contribution in [3.8, 4) is 11.3 Å². The number of hydrogen-bond donors (Lipinski definition) is 3. The van der Waals surface area contributed by atoms with Crippen LogP contribution in [0.2, 0.25) is 0 Å². The molecule has 2 aliphatic rings. The highest BCUT2D eigenvalue weighted by Gasteiger charge is 2.51. The zero-order chi connectivity index (χ0) is 23.8. The summed E-state index contributed by atoms with van der Waals surface area (Å²) in [5, 5.41) is 29.5. The Bertz CT molecular complexity index is 1310. The fourth-order valence-electron chi connectivity index (χ4n) is 4.42. The third kappa shape index (κ3) is 4.06. The van der Waals surface area contributed by atoms with E-state index in [2.05, 4.69) is 25.4 Å². The van der Waals surface area contributed by atoms with E-state index < -0.39 is 17.9 Å². The number of hydrogen-bond acceptors (Lipinski definition) is 11. The number of rotatable bonds is 7. The van der Waals surface area contributed by atoms with Crippen LogP contribution in [0.1, 0.15) is 6.42 Å². The Morgan fingerprint density at radius 3 is 2.80 bits per heavy atom. The molecule has 0 bridgehead atoms. The van der Waals surface area contributed by atoms with Crippen molar-refractivity contribution >= 4 is 28.7 Å². The van der Waals surface area contributed by atoms with Crippen LogP contribution in [0.25, 0.3) is 22.4 Å². The summed E-state index contributed by atoms with van der Waals surface area (Å²) in [4.78, 5) is 13.3. The highest BCUT2D eigenvalue weighted by Crippen LogP contribution is 2.40. The third-order valence-electron chi connectivity index (χ3n) is 6.32. The molecule has 2 fully saturated rings. The molecule has 3 aromatic heterocycles. The van der Waals surface area contributed by atoms with E-state index >= 15 is 0 Å². The zero-order valence-corrected chi connectivity index (χ0v) is 19.5. The molecular formula is C23H24N6O5S. The van der Waals surface area contributed by atoms with E-state index in [9.17, 15) is 10.2 Å². The molecule has 11 nitrogen and oxygen atoms in total. The molecule has 0 amide bonds. The minimum Gasteiger partial charge on any atom is -0.388 e. The Kier molecular flexibility index (Phi) is 5.90. The van der Waals surface area contributed by atoms with Gasteiger partial charge in [-0.1, -0.05) is 47.3 Å². The van der Waals surface area contributed by atoms with E-state index in [1.54, 1.807) is 10.9 Å². The molecule has 1 aromatic carbocycles. The van der Waals surface area contributed by atoms with Crippen LogP contribution < -0.4 is 5.32 Å². The van der Waals surface area contributed by atoms with Crippen LogP contribution in [-0.2, 0) is 15.2 Å². The van der Waals surface area contributed by atoms with Gasteiger partial charge in [-0.3, -0.25) is 4.57 Å². The van der Waals surface area contributed by atoms with E-state index in [0.717, 1.165) is 12.0 Å². The van der Waals surface area contributed by atoms with Crippen LogP contribution >= 0.6 is 11.8 Å². The summed E-state index contributed by atoms with van der Waals surface area (Å²) in [6.07, 6.45) is 1.62. The maximum atomic E-state index is 11.0. The van der Waals surface area contributed by atoms with Gasteiger partial charge in [0.05, 0.1) is 31.3 Å². The molecular weight excluding hydrogens is 472 g/mol. The minimum atomic E-state index is -1.32. The Labute approximate surface area is 204 Å². The average Bonchev–Trinajstić information content (AvgIpc) is 3.69. The van der Waals surface area contributed by atoms with Gasteiger partial charge >= 0.3 is 0 Å². The summed E-state index contributed by atoms with van der Waals surface area (Å²) < 4.78 is 18.7. The van der Waals surface area contributed by atoms with Crippen molar-refractivity contribution in [3.63, 3.8) is 0 Å². The van der Waals surface area contributed by atoms with Gasteiger partial charge in [0.15, 0.2) is 27.8 Å². The molecule has 35 heavy (non-hydrogen) atoms. The first-order chi connectivity index (χ1) is 17.1. The lowest BCUT2D eigenvalue weighted by Gasteiger charge is -2.32. The second-order valence-corrected chi connectivity index (χ2v) is 9.55. The first-order valence-corrected chi connectivity index (χ1v) is 12.3. The summed E-state index contributed by atoms with van der Waals surface area (Å²) in [6, 6.07) is 11.7. The molecule has 1 unspecified atom stereocenters. The number of benzene rings is 1. The van der Waals surface area contributed by atoms with Gasteiger partial charge in [0.25, 0.3) is 0 Å². The predicted molar refractivity (Wildman–Crippen MR) is 127 cm³/mol. The van der Waals surface area contributed by atoms with Crippen LogP contribution in [0, 0.1) is 0 Å². The number of aliphatic hydroxyl groups excluding tert-OH is 2. The Morgan fingerprint density at radius 1 is 1.14 bits per heavy atom. The van der Waals surface area contributed by atoms with Crippen LogP contribution in [0.3, 0.4) is 0 Å². The van der Waals surface area contributed by atoms with Gasteiger partial charge in [0, 0.05) is 18.2 Å². The van der Waals surface area contributed by atoms with Gasteiger partial charge in [0.2, 0.25) is 0 Å². The number of aromatic nitrogens is 5. The van der Waals surface area contributed by atoms with Gasteiger partial charge in [-0.15, -0.1) is 0 Å². The largest absolute Gasteiger partial charge is 0.388 e. The standard InChI is InChI=1S/C23H24N6O5S/c30-17-10-33-23(20(17)31,11-35-18-8-16(28-34-18)14-4-2-1-3-5-14)29-13-26-19-21(24-12-25-22(19)29)27-15-6-7-32-9-15/h1-5,8,12-13,15,17,20,30-31H,6-7,9-11H2,(H,24,25,27)/t15?,17-,20+,23-/m0/s1. The third-order valence-corrected chi connectivity index (χ3v) is 7.36. The number of nitrogens with one attached hydrogen (secondary N) is 1. The SMILES string of the molecule is O[C@@H]1[C@@H](O)CO[C@]1(CSc1cc(-c2ccccc2)no1)n1cnc2c(NC3CCOC3)ncnc21. The number of imidazole rings is 1. The smallest absolute Gasteiger partial charge is 0.193 e.